The number of thiazole rings is 1. The van der Waals surface area contributed by atoms with Crippen molar-refractivity contribution in [2.45, 2.75) is 18.8 Å². The molecule has 0 N–H and O–H groups in total. The van der Waals surface area contributed by atoms with Gasteiger partial charge < -0.3 is 4.74 Å². The predicted molar refractivity (Wildman–Crippen MR) is 44.9 cm³/mol. The molecule has 1 atom stereocenters. The number of nitrogens with zero attached hydrogens (tertiary/aromatic N) is 1. The molecule has 1 fully saturated rings. The SMILES string of the molecule is c1csc(C2CCCOC2)n1. The highest BCUT2D eigenvalue weighted by Crippen LogP contribution is 2.26. The van der Waals surface area contributed by atoms with Crippen LogP contribution < -0.4 is 0 Å². The summed E-state index contributed by atoms with van der Waals surface area (Å²) in [7, 11) is 0. The molecule has 1 aliphatic rings. The lowest BCUT2D eigenvalue weighted by Gasteiger charge is -2.19. The van der Waals surface area contributed by atoms with Gasteiger partial charge in [0.1, 0.15) is 0 Å². The molecule has 11 heavy (non-hydrogen) atoms. The van der Waals surface area contributed by atoms with Crippen molar-refractivity contribution in [1.29, 1.82) is 0 Å². The van der Waals surface area contributed by atoms with Gasteiger partial charge in [-0.05, 0) is 12.8 Å². The molecule has 0 saturated carbocycles. The summed E-state index contributed by atoms with van der Waals surface area (Å²) in [6, 6.07) is 0. The van der Waals surface area contributed by atoms with Crippen LogP contribution in [0.15, 0.2) is 11.6 Å². The minimum absolute atomic E-state index is 0.573. The van der Waals surface area contributed by atoms with Gasteiger partial charge in [0.05, 0.1) is 11.6 Å². The first-order chi connectivity index (χ1) is 5.47. The van der Waals surface area contributed by atoms with Crippen LogP contribution in [0.2, 0.25) is 0 Å². The third kappa shape index (κ3) is 1.60. The second-order valence-electron chi connectivity index (χ2n) is 2.78. The molecular formula is C8H11NOS. The first kappa shape index (κ1) is 7.25. The normalized spacial score (nSPS) is 25.3. The highest BCUT2D eigenvalue weighted by atomic mass is 32.1. The van der Waals surface area contributed by atoms with Gasteiger partial charge in [0, 0.05) is 24.1 Å². The molecule has 1 aromatic heterocycles. The molecule has 2 rings (SSSR count). The fourth-order valence-electron chi connectivity index (χ4n) is 1.37. The Morgan fingerprint density at radius 3 is 3.27 bits per heavy atom. The molecule has 0 amide bonds. The standard InChI is InChI=1S/C8H11NOS/c1-2-7(6-10-4-1)8-9-3-5-11-8/h3,5,7H,1-2,4,6H2. The number of rotatable bonds is 1. The van der Waals surface area contributed by atoms with E-state index in [0.717, 1.165) is 13.2 Å². The molecule has 0 aliphatic carbocycles. The maximum absolute atomic E-state index is 5.37. The Bertz CT molecular complexity index is 204. The van der Waals surface area contributed by atoms with Gasteiger partial charge in [-0.3, -0.25) is 0 Å². The van der Waals surface area contributed by atoms with Gasteiger partial charge in [0.25, 0.3) is 0 Å². The highest BCUT2D eigenvalue weighted by molar-refractivity contribution is 7.09. The van der Waals surface area contributed by atoms with E-state index in [0.29, 0.717) is 5.92 Å². The van der Waals surface area contributed by atoms with Crippen molar-refractivity contribution in [2.75, 3.05) is 13.2 Å². The monoisotopic (exact) mass is 169 g/mol. The van der Waals surface area contributed by atoms with E-state index in [2.05, 4.69) is 4.98 Å². The zero-order chi connectivity index (χ0) is 7.52. The quantitative estimate of drug-likeness (QED) is 0.641. The highest BCUT2D eigenvalue weighted by Gasteiger charge is 2.17. The van der Waals surface area contributed by atoms with Crippen LogP contribution in [0, 0.1) is 0 Å². The van der Waals surface area contributed by atoms with Gasteiger partial charge in [-0.2, -0.15) is 0 Å². The van der Waals surface area contributed by atoms with Crippen LogP contribution in [-0.2, 0) is 4.74 Å². The molecule has 2 nitrogen and oxygen atoms in total. The van der Waals surface area contributed by atoms with Crippen LogP contribution in [0.25, 0.3) is 0 Å². The van der Waals surface area contributed by atoms with Crippen LogP contribution in [0.3, 0.4) is 0 Å². The second kappa shape index (κ2) is 3.32. The van der Waals surface area contributed by atoms with Crippen LogP contribution in [0.1, 0.15) is 23.8 Å². The Labute approximate surface area is 70.2 Å². The summed E-state index contributed by atoms with van der Waals surface area (Å²) < 4.78 is 5.37. The molecule has 0 radical (unpaired) electrons. The Balaban J connectivity index is 2.04. The van der Waals surface area contributed by atoms with E-state index in [1.807, 2.05) is 11.6 Å². The van der Waals surface area contributed by atoms with E-state index in [-0.39, 0.29) is 0 Å². The van der Waals surface area contributed by atoms with Crippen LogP contribution >= 0.6 is 11.3 Å². The first-order valence-corrected chi connectivity index (χ1v) is 4.82. The number of hydrogen-bond acceptors (Lipinski definition) is 3. The average molecular weight is 169 g/mol. The summed E-state index contributed by atoms with van der Waals surface area (Å²) >= 11 is 1.74. The Morgan fingerprint density at radius 2 is 2.64 bits per heavy atom. The van der Waals surface area contributed by atoms with Gasteiger partial charge in [0.15, 0.2) is 0 Å². The fourth-order valence-corrected chi connectivity index (χ4v) is 2.13. The zero-order valence-corrected chi connectivity index (χ0v) is 7.14. The van der Waals surface area contributed by atoms with Crippen molar-refractivity contribution in [1.82, 2.24) is 4.98 Å². The van der Waals surface area contributed by atoms with Crippen molar-refractivity contribution in [3.05, 3.63) is 16.6 Å². The summed E-state index contributed by atoms with van der Waals surface area (Å²) in [5.74, 6) is 0.573. The summed E-state index contributed by atoms with van der Waals surface area (Å²) in [5.41, 5.74) is 0. The molecule has 1 unspecified atom stereocenters. The number of aromatic nitrogens is 1. The molecule has 2 heterocycles. The Morgan fingerprint density at radius 1 is 1.64 bits per heavy atom. The molecule has 0 spiro atoms. The van der Waals surface area contributed by atoms with Gasteiger partial charge in [0.2, 0.25) is 0 Å². The Kier molecular flexibility index (Phi) is 2.19. The summed E-state index contributed by atoms with van der Waals surface area (Å²) in [5, 5.41) is 3.27. The van der Waals surface area contributed by atoms with E-state index >= 15 is 0 Å². The fraction of sp³-hybridized carbons (Fsp3) is 0.625. The van der Waals surface area contributed by atoms with Crippen LogP contribution in [0.4, 0.5) is 0 Å². The topological polar surface area (TPSA) is 22.1 Å². The predicted octanol–water partition coefficient (Wildman–Crippen LogP) is 2.04. The maximum atomic E-state index is 5.37. The van der Waals surface area contributed by atoms with E-state index < -0.39 is 0 Å². The minimum atomic E-state index is 0.573. The third-order valence-electron chi connectivity index (χ3n) is 1.96. The molecular weight excluding hydrogens is 158 g/mol. The van der Waals surface area contributed by atoms with Crippen LogP contribution in [0.5, 0.6) is 0 Å². The summed E-state index contributed by atoms with van der Waals surface area (Å²) in [4.78, 5) is 4.28. The minimum Gasteiger partial charge on any atom is -0.381 e. The maximum Gasteiger partial charge on any atom is 0.0978 e. The molecule has 0 bridgehead atoms. The molecule has 3 heteroatoms. The van der Waals surface area contributed by atoms with Crippen molar-refractivity contribution >= 4 is 11.3 Å². The summed E-state index contributed by atoms with van der Waals surface area (Å²) in [6.07, 6.45) is 4.30. The van der Waals surface area contributed by atoms with Crippen molar-refractivity contribution in [3.63, 3.8) is 0 Å². The van der Waals surface area contributed by atoms with Gasteiger partial charge in [-0.25, -0.2) is 4.98 Å². The molecule has 60 valence electrons. The van der Waals surface area contributed by atoms with Crippen molar-refractivity contribution in [2.24, 2.45) is 0 Å². The lowest BCUT2D eigenvalue weighted by molar-refractivity contribution is 0.0804. The van der Waals surface area contributed by atoms with E-state index in [1.54, 1.807) is 11.3 Å². The van der Waals surface area contributed by atoms with E-state index in [1.165, 1.54) is 17.8 Å². The molecule has 0 aromatic carbocycles. The molecule has 1 aromatic rings. The lowest BCUT2D eigenvalue weighted by Crippen LogP contribution is -2.15. The second-order valence-corrected chi connectivity index (χ2v) is 3.71. The van der Waals surface area contributed by atoms with E-state index in [4.69, 9.17) is 4.74 Å². The van der Waals surface area contributed by atoms with Gasteiger partial charge in [-0.15, -0.1) is 11.3 Å². The van der Waals surface area contributed by atoms with Crippen molar-refractivity contribution < 1.29 is 4.74 Å². The van der Waals surface area contributed by atoms with E-state index in [9.17, 15) is 0 Å². The lowest BCUT2D eigenvalue weighted by atomic mass is 10.0. The summed E-state index contributed by atoms with van der Waals surface area (Å²) in [6.45, 7) is 1.80. The first-order valence-electron chi connectivity index (χ1n) is 3.94. The van der Waals surface area contributed by atoms with Gasteiger partial charge >= 0.3 is 0 Å². The third-order valence-corrected chi connectivity index (χ3v) is 2.90. The average Bonchev–Trinajstić information content (AvgIpc) is 2.58. The van der Waals surface area contributed by atoms with Crippen LogP contribution in [-0.4, -0.2) is 18.2 Å². The van der Waals surface area contributed by atoms with Gasteiger partial charge in [-0.1, -0.05) is 0 Å². The largest absolute Gasteiger partial charge is 0.381 e. The Hall–Kier alpha value is -0.410. The number of hydrogen-bond donors (Lipinski definition) is 0. The molecule has 1 aliphatic heterocycles. The smallest absolute Gasteiger partial charge is 0.0978 e. The zero-order valence-electron chi connectivity index (χ0n) is 6.32. The number of ether oxygens (including phenoxy) is 1. The van der Waals surface area contributed by atoms with Crippen molar-refractivity contribution in [3.8, 4) is 0 Å². The molecule has 1 saturated heterocycles.